The molecule has 0 saturated heterocycles. The van der Waals surface area contributed by atoms with Crippen molar-refractivity contribution >= 4 is 0 Å². The lowest BCUT2D eigenvalue weighted by molar-refractivity contribution is 0.0664. The van der Waals surface area contributed by atoms with Crippen molar-refractivity contribution in [1.29, 1.82) is 0 Å². The Hall–Kier alpha value is -0.900. The van der Waals surface area contributed by atoms with Gasteiger partial charge in [-0.1, -0.05) is 24.3 Å². The fourth-order valence-corrected chi connectivity index (χ4v) is 2.09. The van der Waals surface area contributed by atoms with Gasteiger partial charge < -0.3 is 14.9 Å². The first kappa shape index (κ1) is 14.2. The van der Waals surface area contributed by atoms with Gasteiger partial charge in [-0.05, 0) is 31.4 Å². The molecule has 96 valence electrons. The summed E-state index contributed by atoms with van der Waals surface area (Å²) in [5.74, 6) is 0. The molecule has 0 aliphatic carbocycles. The number of benzene rings is 1. The highest BCUT2D eigenvalue weighted by Crippen LogP contribution is 2.29. The Bertz CT molecular complexity index is 332. The van der Waals surface area contributed by atoms with E-state index in [9.17, 15) is 10.2 Å². The Morgan fingerprint density at radius 3 is 2.35 bits per heavy atom. The van der Waals surface area contributed by atoms with Crippen LogP contribution in [0.3, 0.4) is 0 Å². The molecule has 0 bridgehead atoms. The van der Waals surface area contributed by atoms with E-state index in [1.165, 1.54) is 0 Å². The van der Waals surface area contributed by atoms with Crippen molar-refractivity contribution in [2.75, 3.05) is 26.4 Å². The first-order valence-electron chi connectivity index (χ1n) is 6.05. The second-order valence-electron chi connectivity index (χ2n) is 4.36. The van der Waals surface area contributed by atoms with Gasteiger partial charge in [0.1, 0.15) is 0 Å². The molecule has 0 spiro atoms. The molecular formula is C14H22O3. The lowest BCUT2D eigenvalue weighted by atomic mass is 9.77. The zero-order chi connectivity index (χ0) is 12.7. The molecule has 0 aliphatic heterocycles. The number of aryl methyl sites for hydroxylation is 1. The highest BCUT2D eigenvalue weighted by atomic mass is 16.5. The summed E-state index contributed by atoms with van der Waals surface area (Å²) < 4.78 is 5.33. The van der Waals surface area contributed by atoms with Crippen LogP contribution in [-0.2, 0) is 10.2 Å². The summed E-state index contributed by atoms with van der Waals surface area (Å²) >= 11 is 0. The van der Waals surface area contributed by atoms with E-state index in [-0.39, 0.29) is 13.2 Å². The van der Waals surface area contributed by atoms with Crippen LogP contribution in [-0.4, -0.2) is 36.6 Å². The number of aliphatic hydroxyl groups excluding tert-OH is 2. The van der Waals surface area contributed by atoms with Crippen LogP contribution in [0.25, 0.3) is 0 Å². The molecule has 0 fully saturated rings. The molecule has 0 aromatic heterocycles. The van der Waals surface area contributed by atoms with Gasteiger partial charge in [-0.25, -0.2) is 0 Å². The van der Waals surface area contributed by atoms with E-state index in [4.69, 9.17) is 4.74 Å². The van der Waals surface area contributed by atoms with Crippen LogP contribution in [0, 0.1) is 6.92 Å². The third kappa shape index (κ3) is 3.28. The minimum Gasteiger partial charge on any atom is -0.395 e. The van der Waals surface area contributed by atoms with Crippen molar-refractivity contribution in [3.8, 4) is 0 Å². The number of ether oxygens (including phenoxy) is 1. The molecule has 1 aromatic carbocycles. The highest BCUT2D eigenvalue weighted by molar-refractivity contribution is 5.33. The molecule has 0 aliphatic rings. The van der Waals surface area contributed by atoms with E-state index >= 15 is 0 Å². The third-order valence-corrected chi connectivity index (χ3v) is 3.25. The number of rotatable bonds is 7. The molecular weight excluding hydrogens is 216 g/mol. The van der Waals surface area contributed by atoms with Crippen molar-refractivity contribution in [2.45, 2.75) is 25.7 Å². The summed E-state index contributed by atoms with van der Waals surface area (Å²) in [5.41, 5.74) is 1.50. The predicted molar refractivity (Wildman–Crippen MR) is 68.1 cm³/mol. The number of aliphatic hydroxyl groups is 2. The van der Waals surface area contributed by atoms with E-state index in [1.807, 2.05) is 38.1 Å². The molecule has 17 heavy (non-hydrogen) atoms. The van der Waals surface area contributed by atoms with Crippen molar-refractivity contribution in [2.24, 2.45) is 0 Å². The normalized spacial score (nSPS) is 11.8. The quantitative estimate of drug-likeness (QED) is 0.710. The van der Waals surface area contributed by atoms with Crippen LogP contribution in [0.2, 0.25) is 0 Å². The van der Waals surface area contributed by atoms with E-state index in [0.717, 1.165) is 11.1 Å². The molecule has 0 atom stereocenters. The summed E-state index contributed by atoms with van der Waals surface area (Å²) in [6, 6.07) is 7.85. The highest BCUT2D eigenvalue weighted by Gasteiger charge is 2.31. The fraction of sp³-hybridized carbons (Fsp3) is 0.571. The smallest absolute Gasteiger partial charge is 0.0551 e. The van der Waals surface area contributed by atoms with Crippen LogP contribution in [0.1, 0.15) is 24.5 Å². The van der Waals surface area contributed by atoms with Crippen LogP contribution in [0.15, 0.2) is 24.3 Å². The van der Waals surface area contributed by atoms with Crippen molar-refractivity contribution in [3.63, 3.8) is 0 Å². The second kappa shape index (κ2) is 6.74. The molecule has 0 saturated carbocycles. The maximum absolute atomic E-state index is 9.64. The van der Waals surface area contributed by atoms with E-state index in [0.29, 0.717) is 19.6 Å². The Morgan fingerprint density at radius 2 is 1.82 bits per heavy atom. The van der Waals surface area contributed by atoms with Gasteiger partial charge in [0.15, 0.2) is 0 Å². The summed E-state index contributed by atoms with van der Waals surface area (Å²) in [6.45, 7) is 5.00. The number of hydrogen-bond donors (Lipinski definition) is 2. The maximum atomic E-state index is 9.64. The topological polar surface area (TPSA) is 49.7 Å². The van der Waals surface area contributed by atoms with Crippen molar-refractivity contribution < 1.29 is 14.9 Å². The van der Waals surface area contributed by atoms with Gasteiger partial charge in [-0.3, -0.25) is 0 Å². The molecule has 1 rings (SSSR count). The molecule has 3 nitrogen and oxygen atoms in total. The van der Waals surface area contributed by atoms with E-state index in [2.05, 4.69) is 0 Å². The Balaban J connectivity index is 2.94. The van der Waals surface area contributed by atoms with E-state index in [1.54, 1.807) is 0 Å². The van der Waals surface area contributed by atoms with Crippen molar-refractivity contribution in [3.05, 3.63) is 35.4 Å². The predicted octanol–water partition coefficient (Wildman–Crippen LogP) is 1.64. The lowest BCUT2D eigenvalue weighted by Gasteiger charge is -2.31. The minimum atomic E-state index is -0.597. The van der Waals surface area contributed by atoms with Crippen molar-refractivity contribution in [1.82, 2.24) is 0 Å². The maximum Gasteiger partial charge on any atom is 0.0551 e. The molecule has 3 heteroatoms. The monoisotopic (exact) mass is 238 g/mol. The Kier molecular flexibility index (Phi) is 5.62. The first-order chi connectivity index (χ1) is 8.20. The summed E-state index contributed by atoms with van der Waals surface area (Å²) in [6.07, 6.45) is 0.624. The molecule has 0 radical (unpaired) electrons. The van der Waals surface area contributed by atoms with Gasteiger partial charge in [-0.2, -0.15) is 0 Å². The average molecular weight is 238 g/mol. The zero-order valence-electron chi connectivity index (χ0n) is 10.6. The average Bonchev–Trinajstić information content (AvgIpc) is 2.36. The standard InChI is InChI=1S/C14H22O3/c1-3-17-9-8-14(10-15,11-16)13-7-5-4-6-12(13)2/h4-7,15-16H,3,8-11H2,1-2H3. The van der Waals surface area contributed by atoms with Gasteiger partial charge in [0.05, 0.1) is 13.2 Å². The molecule has 0 amide bonds. The summed E-state index contributed by atoms with van der Waals surface area (Å²) in [7, 11) is 0. The van der Waals surface area contributed by atoms with Gasteiger partial charge in [-0.15, -0.1) is 0 Å². The third-order valence-electron chi connectivity index (χ3n) is 3.25. The number of hydrogen-bond acceptors (Lipinski definition) is 3. The molecule has 0 unspecified atom stereocenters. The fourth-order valence-electron chi connectivity index (χ4n) is 2.09. The van der Waals surface area contributed by atoms with E-state index < -0.39 is 5.41 Å². The largest absolute Gasteiger partial charge is 0.395 e. The van der Waals surface area contributed by atoms with Crippen LogP contribution >= 0.6 is 0 Å². The zero-order valence-corrected chi connectivity index (χ0v) is 10.6. The van der Waals surface area contributed by atoms with Gasteiger partial charge in [0.2, 0.25) is 0 Å². The molecule has 0 heterocycles. The molecule has 1 aromatic rings. The SMILES string of the molecule is CCOCCC(CO)(CO)c1ccccc1C. The molecule has 2 N–H and O–H groups in total. The Labute approximate surface area is 103 Å². The van der Waals surface area contributed by atoms with Crippen LogP contribution < -0.4 is 0 Å². The Morgan fingerprint density at radius 1 is 1.18 bits per heavy atom. The summed E-state index contributed by atoms with van der Waals surface area (Å²) in [4.78, 5) is 0. The second-order valence-corrected chi connectivity index (χ2v) is 4.36. The van der Waals surface area contributed by atoms with Gasteiger partial charge in [0, 0.05) is 18.6 Å². The first-order valence-corrected chi connectivity index (χ1v) is 6.05. The lowest BCUT2D eigenvalue weighted by Crippen LogP contribution is -2.37. The van der Waals surface area contributed by atoms with Gasteiger partial charge >= 0.3 is 0 Å². The summed E-state index contributed by atoms with van der Waals surface area (Å²) in [5, 5.41) is 19.3. The van der Waals surface area contributed by atoms with Crippen LogP contribution in [0.5, 0.6) is 0 Å². The van der Waals surface area contributed by atoms with Crippen LogP contribution in [0.4, 0.5) is 0 Å². The van der Waals surface area contributed by atoms with Gasteiger partial charge in [0.25, 0.3) is 0 Å². The minimum absolute atomic E-state index is 0.0680.